The molecule has 0 bridgehead atoms. The van der Waals surface area contributed by atoms with Crippen LogP contribution in [0.5, 0.6) is 23.0 Å². The first-order valence-corrected chi connectivity index (χ1v) is 16.8. The van der Waals surface area contributed by atoms with Gasteiger partial charge in [-0.2, -0.15) is 0 Å². The highest BCUT2D eigenvalue weighted by Gasteiger charge is 2.43. The quantitative estimate of drug-likeness (QED) is 0.192. The summed E-state index contributed by atoms with van der Waals surface area (Å²) in [5.41, 5.74) is 9.06. The van der Waals surface area contributed by atoms with Crippen molar-refractivity contribution in [3.8, 4) is 57.2 Å². The summed E-state index contributed by atoms with van der Waals surface area (Å²) in [5, 5.41) is 2.13. The van der Waals surface area contributed by atoms with E-state index < -0.39 is 0 Å². The Bertz CT molecular complexity index is 2580. The monoisotopic (exact) mass is 637 g/mol. The number of allylic oxidation sites excluding steroid dienone is 4. The third kappa shape index (κ3) is 4.16. The average Bonchev–Trinajstić information content (AvgIpc) is 3.62. The van der Waals surface area contributed by atoms with E-state index in [4.69, 9.17) is 28.8 Å². The lowest BCUT2D eigenvalue weighted by Gasteiger charge is -2.27. The Labute approximate surface area is 283 Å². The van der Waals surface area contributed by atoms with Crippen LogP contribution in [0.25, 0.3) is 61.7 Å². The predicted octanol–water partition coefficient (Wildman–Crippen LogP) is 11.3. The Balaban J connectivity index is 1.15. The maximum Gasteiger partial charge on any atom is 0.181 e. The number of hydrogen-bond acceptors (Lipinski definition) is 6. The summed E-state index contributed by atoms with van der Waals surface area (Å²) in [6, 6.07) is 34.3. The fourth-order valence-electron chi connectivity index (χ4n) is 7.77. The molecule has 6 heteroatoms. The highest BCUT2D eigenvalue weighted by molar-refractivity contribution is 6.05. The van der Waals surface area contributed by atoms with Gasteiger partial charge in [0, 0.05) is 32.9 Å². The number of hydrogen-bond donors (Lipinski definition) is 0. The molecule has 0 saturated heterocycles. The number of ether oxygens (including phenoxy) is 2. The van der Waals surface area contributed by atoms with Crippen molar-refractivity contribution in [2.24, 2.45) is 5.92 Å². The van der Waals surface area contributed by atoms with Crippen LogP contribution in [0.3, 0.4) is 0 Å². The number of para-hydroxylation sites is 2. The lowest BCUT2D eigenvalue weighted by molar-refractivity contribution is 0.358. The van der Waals surface area contributed by atoms with Crippen LogP contribution in [0, 0.1) is 5.92 Å². The Morgan fingerprint density at radius 3 is 2.29 bits per heavy atom. The number of furan rings is 1. The number of nitrogens with zero attached hydrogens (tertiary/aromatic N) is 3. The van der Waals surface area contributed by atoms with E-state index >= 15 is 0 Å². The second-order valence-electron chi connectivity index (χ2n) is 13.6. The second-order valence-corrected chi connectivity index (χ2v) is 13.6. The molecule has 1 unspecified atom stereocenters. The largest absolute Gasteiger partial charge is 0.456 e. The number of fused-ring (bicyclic) bond motifs is 8. The predicted molar refractivity (Wildman–Crippen MR) is 193 cm³/mol. The summed E-state index contributed by atoms with van der Waals surface area (Å²) in [6.45, 7) is 6.89. The zero-order valence-corrected chi connectivity index (χ0v) is 27.3. The van der Waals surface area contributed by atoms with Gasteiger partial charge in [-0.05, 0) is 65.4 Å². The van der Waals surface area contributed by atoms with Crippen LogP contribution >= 0.6 is 0 Å². The minimum atomic E-state index is -0.136. The molecule has 0 amide bonds. The number of benzene rings is 5. The normalized spacial score (nSPS) is 16.9. The molecular formula is C43H31N3O3. The van der Waals surface area contributed by atoms with Gasteiger partial charge in [0.15, 0.2) is 40.5 Å². The Kier molecular flexibility index (Phi) is 5.86. The van der Waals surface area contributed by atoms with Gasteiger partial charge in [-0.15, -0.1) is 0 Å². The van der Waals surface area contributed by atoms with Crippen molar-refractivity contribution in [1.29, 1.82) is 0 Å². The molecule has 2 aliphatic carbocycles. The fraction of sp³-hybridized carbons (Fsp3) is 0.140. The van der Waals surface area contributed by atoms with Gasteiger partial charge in [0.2, 0.25) is 0 Å². The van der Waals surface area contributed by atoms with Crippen molar-refractivity contribution in [3.05, 3.63) is 132 Å². The molecule has 0 N–H and O–H groups in total. The van der Waals surface area contributed by atoms with Crippen LogP contribution in [0.4, 0.5) is 0 Å². The minimum Gasteiger partial charge on any atom is -0.456 e. The summed E-state index contributed by atoms with van der Waals surface area (Å²) >= 11 is 0. The maximum atomic E-state index is 6.98. The van der Waals surface area contributed by atoms with Gasteiger partial charge in [0.25, 0.3) is 0 Å². The summed E-state index contributed by atoms with van der Waals surface area (Å²) in [4.78, 5) is 15.1. The summed E-state index contributed by atoms with van der Waals surface area (Å²) in [5.74, 6) is 4.68. The molecular weight excluding hydrogens is 606 g/mol. The van der Waals surface area contributed by atoms with Crippen molar-refractivity contribution in [1.82, 2.24) is 15.0 Å². The fourth-order valence-corrected chi connectivity index (χ4v) is 7.77. The van der Waals surface area contributed by atoms with Crippen molar-refractivity contribution < 1.29 is 13.9 Å². The molecule has 0 spiro atoms. The molecule has 0 fully saturated rings. The van der Waals surface area contributed by atoms with E-state index in [2.05, 4.69) is 51.1 Å². The molecule has 2 aromatic heterocycles. The van der Waals surface area contributed by atoms with E-state index in [0.717, 1.165) is 62.1 Å². The molecule has 0 saturated carbocycles. The molecule has 3 heterocycles. The molecule has 0 radical (unpaired) electrons. The summed E-state index contributed by atoms with van der Waals surface area (Å²) < 4.78 is 19.8. The van der Waals surface area contributed by atoms with Gasteiger partial charge in [-0.3, -0.25) is 0 Å². The van der Waals surface area contributed by atoms with Crippen molar-refractivity contribution in [3.63, 3.8) is 0 Å². The summed E-state index contributed by atoms with van der Waals surface area (Å²) in [7, 11) is 0. The van der Waals surface area contributed by atoms with E-state index in [-0.39, 0.29) is 5.41 Å². The summed E-state index contributed by atoms with van der Waals surface area (Å²) in [6.07, 6.45) is 5.59. The first-order chi connectivity index (χ1) is 23.9. The average molecular weight is 638 g/mol. The van der Waals surface area contributed by atoms with Crippen LogP contribution in [-0.4, -0.2) is 15.0 Å². The third-order valence-corrected chi connectivity index (χ3v) is 10.2. The van der Waals surface area contributed by atoms with Gasteiger partial charge in [0.1, 0.15) is 11.2 Å². The zero-order valence-electron chi connectivity index (χ0n) is 27.3. The van der Waals surface area contributed by atoms with Crippen LogP contribution in [0.1, 0.15) is 38.3 Å². The Morgan fingerprint density at radius 1 is 0.653 bits per heavy atom. The van der Waals surface area contributed by atoms with Crippen LogP contribution in [0.15, 0.2) is 125 Å². The SMILES string of the molecule is CC1CC=CC2=C1c1c(ccc3c1Oc1c(cccc1-c1nc(-c4ccccc4)nc(-c4ccc5c(c4)oc4ccccc45)n1)O3)C2(C)C. The standard InChI is InChI=1S/C43H31N3O3/c1-24-11-9-16-30-36(24)37-31(43(30,2)3)21-22-34-39(37)49-38-29(15-10-18-33(38)48-34)42-45-40(25-12-5-4-6-13-25)44-41(46-42)26-19-20-28-27-14-7-8-17-32(27)47-35(28)23-26/h4-10,12-24H,11H2,1-3H3. The van der Waals surface area contributed by atoms with E-state index in [1.807, 2.05) is 84.9 Å². The number of rotatable bonds is 3. The van der Waals surface area contributed by atoms with E-state index in [9.17, 15) is 0 Å². The smallest absolute Gasteiger partial charge is 0.181 e. The molecule has 6 nitrogen and oxygen atoms in total. The molecule has 7 aromatic rings. The maximum absolute atomic E-state index is 6.98. The van der Waals surface area contributed by atoms with Gasteiger partial charge < -0.3 is 13.9 Å². The van der Waals surface area contributed by atoms with Crippen molar-refractivity contribution in [2.75, 3.05) is 0 Å². The Morgan fingerprint density at radius 2 is 1.41 bits per heavy atom. The lowest BCUT2D eigenvalue weighted by Crippen LogP contribution is -2.17. The molecule has 1 atom stereocenters. The van der Waals surface area contributed by atoms with Crippen molar-refractivity contribution >= 4 is 27.5 Å². The van der Waals surface area contributed by atoms with E-state index in [0.29, 0.717) is 34.9 Å². The lowest BCUT2D eigenvalue weighted by atomic mass is 9.79. The zero-order chi connectivity index (χ0) is 32.9. The number of aromatic nitrogens is 3. The molecule has 5 aromatic carbocycles. The van der Waals surface area contributed by atoms with E-state index in [1.54, 1.807) is 0 Å². The molecule has 10 rings (SSSR count). The van der Waals surface area contributed by atoms with Crippen molar-refractivity contribution in [2.45, 2.75) is 32.6 Å². The van der Waals surface area contributed by atoms with Gasteiger partial charge >= 0.3 is 0 Å². The topological polar surface area (TPSA) is 70.3 Å². The van der Waals surface area contributed by atoms with E-state index in [1.165, 1.54) is 16.7 Å². The third-order valence-electron chi connectivity index (χ3n) is 10.2. The molecule has 3 aliphatic rings. The van der Waals surface area contributed by atoms with Crippen LogP contribution in [-0.2, 0) is 5.41 Å². The van der Waals surface area contributed by atoms with Crippen LogP contribution in [0.2, 0.25) is 0 Å². The second kappa shape index (κ2) is 10.2. The highest BCUT2D eigenvalue weighted by Crippen LogP contribution is 2.60. The van der Waals surface area contributed by atoms with Gasteiger partial charge in [0.05, 0.1) is 5.56 Å². The highest BCUT2D eigenvalue weighted by atomic mass is 16.6. The first kappa shape index (κ1) is 28.0. The molecule has 236 valence electrons. The minimum absolute atomic E-state index is 0.136. The molecule has 1 aliphatic heterocycles. The van der Waals surface area contributed by atoms with Gasteiger partial charge in [-0.1, -0.05) is 99.7 Å². The van der Waals surface area contributed by atoms with Gasteiger partial charge in [-0.25, -0.2) is 15.0 Å². The van der Waals surface area contributed by atoms with Crippen LogP contribution < -0.4 is 9.47 Å². The Hall–Kier alpha value is -6.01. The first-order valence-electron chi connectivity index (χ1n) is 16.8. The molecule has 49 heavy (non-hydrogen) atoms.